The quantitative estimate of drug-likeness (QED) is 0.341. The second-order valence-electron chi connectivity index (χ2n) is 8.81. The molecule has 4 heterocycles. The summed E-state index contributed by atoms with van der Waals surface area (Å²) in [5.41, 5.74) is 15.3. The topological polar surface area (TPSA) is 132 Å². The van der Waals surface area contributed by atoms with Crippen LogP contribution in [0.15, 0.2) is 54.2 Å². The number of amides is 2. The number of carbonyl (C=O) groups excluding carboxylic acids is 2. The molecule has 1 aliphatic heterocycles. The van der Waals surface area contributed by atoms with Crippen LogP contribution in [-0.2, 0) is 13.0 Å². The predicted octanol–water partition coefficient (Wildman–Crippen LogP) is 2.79. The fraction of sp³-hybridized carbons (Fsp3) is 0.280. The number of hydrogen-bond acceptors (Lipinski definition) is 7. The molecule has 9 nitrogen and oxygen atoms in total. The monoisotopic (exact) mass is 523 g/mol. The first kappa shape index (κ1) is 24.4. The summed E-state index contributed by atoms with van der Waals surface area (Å²) in [7, 11) is 0. The molecule has 0 aliphatic carbocycles. The Balaban J connectivity index is 1.25. The van der Waals surface area contributed by atoms with Crippen molar-refractivity contribution < 1.29 is 9.59 Å². The average molecular weight is 524 g/mol. The predicted molar refractivity (Wildman–Crippen MR) is 139 cm³/mol. The second kappa shape index (κ2) is 10.4. The minimum atomic E-state index is -0.312. The molecule has 0 saturated carbocycles. The van der Waals surface area contributed by atoms with Gasteiger partial charge in [-0.2, -0.15) is 0 Å². The number of benzene rings is 1. The molecule has 1 aromatic carbocycles. The summed E-state index contributed by atoms with van der Waals surface area (Å²) in [6.07, 6.45) is 4.64. The number of aromatic nitrogens is 3. The van der Waals surface area contributed by atoms with Gasteiger partial charge in [0.25, 0.3) is 11.8 Å². The molecule has 5 rings (SSSR count). The van der Waals surface area contributed by atoms with Crippen molar-refractivity contribution >= 4 is 40.4 Å². The molecule has 0 bridgehead atoms. The number of fused-ring (bicyclic) bond motifs is 1. The van der Waals surface area contributed by atoms with Gasteiger partial charge in [0, 0.05) is 43.4 Å². The van der Waals surface area contributed by atoms with Crippen LogP contribution in [0.5, 0.6) is 0 Å². The third-order valence-electron chi connectivity index (χ3n) is 6.23. The van der Waals surface area contributed by atoms with Gasteiger partial charge in [0.2, 0.25) is 0 Å². The Bertz CT molecular complexity index is 1400. The lowest BCUT2D eigenvalue weighted by Gasteiger charge is -2.21. The zero-order chi connectivity index (χ0) is 25.2. The fourth-order valence-electron chi connectivity index (χ4n) is 4.34. The molecule has 11 heteroatoms. The Morgan fingerprint density at radius 3 is 2.64 bits per heavy atom. The van der Waals surface area contributed by atoms with E-state index in [0.29, 0.717) is 59.5 Å². The lowest BCUT2D eigenvalue weighted by atomic mass is 10.1. The fourth-order valence-corrected chi connectivity index (χ4v) is 5.43. The first-order valence-corrected chi connectivity index (χ1v) is 12.9. The van der Waals surface area contributed by atoms with Gasteiger partial charge in [-0.15, -0.1) is 11.3 Å². The third kappa shape index (κ3) is 5.12. The third-order valence-corrected chi connectivity index (χ3v) is 7.40. The van der Waals surface area contributed by atoms with Gasteiger partial charge in [-0.05, 0) is 36.1 Å². The van der Waals surface area contributed by atoms with Crippen molar-refractivity contribution in [1.82, 2.24) is 24.6 Å². The lowest BCUT2D eigenvalue weighted by molar-refractivity contribution is 0.0728. The number of nitrogens with two attached hydrogens (primary N) is 2. The van der Waals surface area contributed by atoms with E-state index in [-0.39, 0.29) is 23.9 Å². The molecule has 186 valence electrons. The van der Waals surface area contributed by atoms with Gasteiger partial charge < -0.3 is 26.1 Å². The Hall–Kier alpha value is -3.31. The van der Waals surface area contributed by atoms with Crippen molar-refractivity contribution in [2.24, 2.45) is 11.5 Å². The highest BCUT2D eigenvalue weighted by atomic mass is 35.5. The summed E-state index contributed by atoms with van der Waals surface area (Å²) >= 11 is 7.41. The highest BCUT2D eigenvalue weighted by Gasteiger charge is 2.37. The molecule has 0 unspecified atom stereocenters. The van der Waals surface area contributed by atoms with Gasteiger partial charge in [-0.25, -0.2) is 9.97 Å². The van der Waals surface area contributed by atoms with Crippen LogP contribution in [-0.4, -0.2) is 50.2 Å². The van der Waals surface area contributed by atoms with Crippen LogP contribution >= 0.6 is 22.9 Å². The summed E-state index contributed by atoms with van der Waals surface area (Å²) in [5.74, 6) is -0.469. The zero-order valence-electron chi connectivity index (χ0n) is 19.4. The van der Waals surface area contributed by atoms with Crippen LogP contribution in [0.3, 0.4) is 0 Å². The van der Waals surface area contributed by atoms with Crippen LogP contribution in [0.25, 0.3) is 5.65 Å². The number of pyridine rings is 1. The van der Waals surface area contributed by atoms with Crippen LogP contribution in [0, 0.1) is 0 Å². The van der Waals surface area contributed by atoms with Gasteiger partial charge in [-0.3, -0.25) is 9.59 Å². The number of halogens is 1. The highest BCUT2D eigenvalue weighted by Crippen LogP contribution is 2.34. The number of likely N-dealkylation sites (tertiary alicyclic amines) is 1. The molecule has 1 aliphatic rings. The smallest absolute Gasteiger partial charge is 0.274 e. The summed E-state index contributed by atoms with van der Waals surface area (Å²) in [6.45, 7) is 1.39. The summed E-state index contributed by atoms with van der Waals surface area (Å²) in [5, 5.41) is 5.88. The van der Waals surface area contributed by atoms with Crippen molar-refractivity contribution in [2.75, 3.05) is 13.1 Å². The summed E-state index contributed by atoms with van der Waals surface area (Å²) < 4.78 is 1.72. The maximum Gasteiger partial charge on any atom is 0.274 e. The van der Waals surface area contributed by atoms with E-state index in [1.807, 2.05) is 24.3 Å². The minimum Gasteiger partial charge on any atom is -0.350 e. The normalized spacial score (nSPS) is 17.6. The number of nitrogens with one attached hydrogen (secondary N) is 1. The van der Waals surface area contributed by atoms with E-state index in [1.165, 1.54) is 11.3 Å². The van der Waals surface area contributed by atoms with Gasteiger partial charge >= 0.3 is 0 Å². The first-order chi connectivity index (χ1) is 17.4. The molecule has 2 atom stereocenters. The summed E-state index contributed by atoms with van der Waals surface area (Å²) in [4.78, 5) is 36.7. The van der Waals surface area contributed by atoms with E-state index in [2.05, 4.69) is 15.3 Å². The van der Waals surface area contributed by atoms with Gasteiger partial charge in [-0.1, -0.05) is 35.9 Å². The number of thiazole rings is 1. The van der Waals surface area contributed by atoms with Crippen LogP contribution in [0.1, 0.15) is 49.6 Å². The number of imidazole rings is 1. The van der Waals surface area contributed by atoms with E-state index in [1.54, 1.807) is 39.2 Å². The van der Waals surface area contributed by atoms with Crippen LogP contribution in [0.4, 0.5) is 0 Å². The Morgan fingerprint density at radius 1 is 1.08 bits per heavy atom. The van der Waals surface area contributed by atoms with Gasteiger partial charge in [0.05, 0.1) is 11.1 Å². The van der Waals surface area contributed by atoms with Crippen molar-refractivity contribution in [1.29, 1.82) is 0 Å². The summed E-state index contributed by atoms with van der Waals surface area (Å²) in [6, 6.07) is 11.0. The van der Waals surface area contributed by atoms with Crippen LogP contribution < -0.4 is 16.8 Å². The molecule has 5 N–H and O–H groups in total. The number of rotatable bonds is 7. The highest BCUT2D eigenvalue weighted by molar-refractivity contribution is 7.09. The average Bonchev–Trinajstić information content (AvgIpc) is 3.61. The molecule has 36 heavy (non-hydrogen) atoms. The maximum absolute atomic E-state index is 13.3. The van der Waals surface area contributed by atoms with Crippen molar-refractivity contribution in [2.45, 2.75) is 31.5 Å². The molecule has 1 fully saturated rings. The van der Waals surface area contributed by atoms with E-state index in [4.69, 9.17) is 23.1 Å². The lowest BCUT2D eigenvalue weighted by Crippen LogP contribution is -2.33. The molecule has 4 aromatic rings. The van der Waals surface area contributed by atoms with Gasteiger partial charge in [0.1, 0.15) is 22.0 Å². The minimum absolute atomic E-state index is 0.183. The second-order valence-corrected chi connectivity index (χ2v) is 10.1. The molecule has 0 spiro atoms. The van der Waals surface area contributed by atoms with E-state index < -0.39 is 0 Å². The van der Waals surface area contributed by atoms with Gasteiger partial charge in [0.15, 0.2) is 0 Å². The molecular weight excluding hydrogens is 498 g/mol. The molecule has 2 amide bonds. The molecule has 0 radical (unpaired) electrons. The van der Waals surface area contributed by atoms with Crippen molar-refractivity contribution in [3.05, 3.63) is 86.7 Å². The van der Waals surface area contributed by atoms with Crippen molar-refractivity contribution in [3.8, 4) is 0 Å². The maximum atomic E-state index is 13.3. The first-order valence-electron chi connectivity index (χ1n) is 11.6. The Labute approximate surface area is 217 Å². The number of nitrogens with zero attached hydrogens (tertiary/aromatic N) is 4. The van der Waals surface area contributed by atoms with E-state index in [9.17, 15) is 9.59 Å². The Morgan fingerprint density at radius 2 is 1.86 bits per heavy atom. The van der Waals surface area contributed by atoms with E-state index in [0.717, 1.165) is 11.1 Å². The van der Waals surface area contributed by atoms with Crippen LogP contribution in [0.2, 0.25) is 5.02 Å². The molecule has 3 aromatic heterocycles. The number of carbonyl (C=O) groups is 2. The number of hydrogen-bond donors (Lipinski definition) is 3. The van der Waals surface area contributed by atoms with Crippen molar-refractivity contribution in [3.63, 3.8) is 0 Å². The molecule has 1 saturated heterocycles. The zero-order valence-corrected chi connectivity index (χ0v) is 21.0. The largest absolute Gasteiger partial charge is 0.350 e. The standard InChI is InChI=1S/C25H26ClN7O2S/c26-17-5-6-22-30-19(13-32(22)11-17)25(35)33-12-18(28)9-21(33)24-31-20(14-36-24)23(34)29-8-7-15-1-3-16(10-27)4-2-15/h1-6,11,13-14,18,21H,7-10,12,27-28H2,(H,29,34)/t18-,21+/m1/s1. The van der Waals surface area contributed by atoms with E-state index >= 15 is 0 Å². The molecular formula is C25H26ClN7O2S. The Kier molecular flexibility index (Phi) is 7.01. The SMILES string of the molecule is NCc1ccc(CCNC(=O)c2csc([C@@H]3C[C@@H](N)CN3C(=O)c3cn4cc(Cl)ccc4n3)n2)cc1.